The quantitative estimate of drug-likeness (QED) is 0.107. The van der Waals surface area contributed by atoms with Crippen molar-refractivity contribution in [1.82, 2.24) is 39.5 Å². The number of alkyl halides is 3. The molecule has 17 nitrogen and oxygen atoms in total. The van der Waals surface area contributed by atoms with Crippen LogP contribution in [-0.2, 0) is 20.6 Å². The maximum atomic E-state index is 14.3. The molecule has 2 N–H and O–H groups in total. The van der Waals surface area contributed by atoms with Crippen molar-refractivity contribution in [2.75, 3.05) is 34.3 Å². The molecule has 21 heteroatoms. The van der Waals surface area contributed by atoms with Gasteiger partial charge in [-0.25, -0.2) is 15.0 Å². The molecule has 9 rings (SSSR count). The average Bonchev–Trinajstić information content (AvgIpc) is 4.17. The number of hydrogen-bond acceptors (Lipinski definition) is 12. The van der Waals surface area contributed by atoms with Crippen molar-refractivity contribution in [3.8, 4) is 28.8 Å². The van der Waals surface area contributed by atoms with Crippen LogP contribution in [0.25, 0.3) is 16.8 Å². The van der Waals surface area contributed by atoms with E-state index >= 15 is 0 Å². The zero-order valence-corrected chi connectivity index (χ0v) is 42.4. The lowest BCUT2D eigenvalue weighted by atomic mass is 10.0. The normalized spacial score (nSPS) is 19.0. The molecular formula is C53H55F3N12O5S. The number of β-amino-alcohol motifs (C(OH)–C–C–N with tert-alkyl or cyclic N) is 1. The smallest absolute Gasteiger partial charge is 0.417 e. The number of nitrogens with zero attached hydrogens (tertiary/aromatic N) is 11. The van der Waals surface area contributed by atoms with Crippen LogP contribution in [-0.4, -0.2) is 106 Å². The first-order valence-corrected chi connectivity index (χ1v) is 24.7. The van der Waals surface area contributed by atoms with Crippen molar-refractivity contribution in [1.29, 1.82) is 5.26 Å². The van der Waals surface area contributed by atoms with E-state index in [4.69, 9.17) is 17.0 Å². The number of benzene rings is 2. The summed E-state index contributed by atoms with van der Waals surface area (Å²) in [5, 5.41) is 27.7. The summed E-state index contributed by atoms with van der Waals surface area (Å²) in [6.07, 6.45) is 6.06. The molecular weight excluding hydrogens is 974 g/mol. The number of aliphatic hydroxyl groups excluding tert-OH is 1. The molecule has 4 aromatic heterocycles. The van der Waals surface area contributed by atoms with Gasteiger partial charge in [-0.3, -0.25) is 24.0 Å². The standard InChI is InChI=1S/C53H55F3N12O5S/c1-31(2)47(49(71)65-30-41(69)24-44(65)48(70)62-32(3)34-7-11-38(12-8-34)64-22-19-58-33(64)4)66-29-37(27-61-66)36-10-16-46(60-26-36)73-42-17-20-63(21-18-42)45-15-14-40(28-59-45)68-51(74)67(50(72)52(68,5)6)39-13-9-35(25-57)43(23-39)53(54,55)56/h7-16,19,22-23,26-29,31-32,41-42,44,47,69H,17-18,20-21,24,30H2,1-6H3,(H,62,70). The van der Waals surface area contributed by atoms with Crippen LogP contribution in [0.15, 0.2) is 104 Å². The minimum Gasteiger partial charge on any atom is -0.474 e. The van der Waals surface area contributed by atoms with Gasteiger partial charge < -0.3 is 34.4 Å². The van der Waals surface area contributed by atoms with Gasteiger partial charge in [-0.2, -0.15) is 23.5 Å². The number of rotatable bonds is 13. The van der Waals surface area contributed by atoms with Crippen LogP contribution in [0.5, 0.6) is 5.88 Å². The largest absolute Gasteiger partial charge is 0.474 e. The van der Waals surface area contributed by atoms with Crippen molar-refractivity contribution >= 4 is 52.2 Å². The number of nitriles is 1. The summed E-state index contributed by atoms with van der Waals surface area (Å²) in [5.74, 6) is 0.629. The third-order valence-corrected chi connectivity index (χ3v) is 14.3. The fraction of sp³-hybridized carbons (Fsp3) is 0.377. The predicted molar refractivity (Wildman–Crippen MR) is 273 cm³/mol. The minimum absolute atomic E-state index is 0.0162. The Bertz CT molecular complexity index is 3110. The first-order chi connectivity index (χ1) is 35.2. The number of anilines is 3. The first kappa shape index (κ1) is 51.2. The lowest BCUT2D eigenvalue weighted by Crippen LogP contribution is -2.49. The summed E-state index contributed by atoms with van der Waals surface area (Å²) in [6, 6.07) is 17.8. The zero-order valence-electron chi connectivity index (χ0n) is 41.6. The number of imidazole rings is 1. The van der Waals surface area contributed by atoms with E-state index in [-0.39, 0.29) is 53.6 Å². The maximum absolute atomic E-state index is 14.3. The van der Waals surface area contributed by atoms with Crippen LogP contribution < -0.4 is 24.8 Å². The Labute approximate surface area is 431 Å². The molecule has 3 aliphatic heterocycles. The third kappa shape index (κ3) is 10.0. The van der Waals surface area contributed by atoms with Crippen LogP contribution in [0.4, 0.5) is 30.4 Å². The van der Waals surface area contributed by atoms with Crippen LogP contribution in [0.2, 0.25) is 0 Å². The van der Waals surface area contributed by atoms with Crippen molar-refractivity contribution in [2.24, 2.45) is 5.92 Å². The Morgan fingerprint density at radius 1 is 0.932 bits per heavy atom. The van der Waals surface area contributed by atoms with Gasteiger partial charge in [0, 0.05) is 86.6 Å². The number of aromatic nitrogens is 6. The number of nitrogens with one attached hydrogen (secondary N) is 1. The predicted octanol–water partition coefficient (Wildman–Crippen LogP) is 7.73. The minimum atomic E-state index is -4.81. The molecule has 0 aliphatic carbocycles. The van der Waals surface area contributed by atoms with Gasteiger partial charge in [0.1, 0.15) is 35.4 Å². The molecule has 0 bridgehead atoms. The van der Waals surface area contributed by atoms with E-state index in [1.54, 1.807) is 72.6 Å². The van der Waals surface area contributed by atoms with Gasteiger partial charge in [-0.15, -0.1) is 0 Å². The highest BCUT2D eigenvalue weighted by Gasteiger charge is 2.51. The van der Waals surface area contributed by atoms with Gasteiger partial charge >= 0.3 is 6.18 Å². The van der Waals surface area contributed by atoms with E-state index in [1.807, 2.05) is 74.9 Å². The first-order valence-electron chi connectivity index (χ1n) is 24.3. The SMILES string of the molecule is Cc1nccn1-c1ccc(C(C)NC(=O)C2CC(O)CN2C(=O)C(C(C)C)n2cc(-c3ccc(OC4CCN(c5ccc(N6C(=S)N(c7ccc(C#N)c(C(F)(F)F)c7)C(=O)C6(C)C)cn5)CC4)nc3)cn2)cc1. The molecule has 384 valence electrons. The number of amides is 3. The Kier molecular flexibility index (Phi) is 14.1. The molecule has 6 aromatic rings. The van der Waals surface area contributed by atoms with Crippen LogP contribution in [0, 0.1) is 24.2 Å². The lowest BCUT2D eigenvalue weighted by molar-refractivity contribution is -0.142. The van der Waals surface area contributed by atoms with Gasteiger partial charge in [-0.05, 0) is 99.9 Å². The summed E-state index contributed by atoms with van der Waals surface area (Å²) in [4.78, 5) is 61.6. The van der Waals surface area contributed by atoms with E-state index in [2.05, 4.69) is 30.3 Å². The van der Waals surface area contributed by atoms with Crippen molar-refractivity contribution in [2.45, 2.75) is 103 Å². The summed E-state index contributed by atoms with van der Waals surface area (Å²) < 4.78 is 51.3. The van der Waals surface area contributed by atoms with Gasteiger partial charge in [0.25, 0.3) is 5.91 Å². The number of carbonyl (C=O) groups excluding carboxylic acids is 3. The highest BCUT2D eigenvalue weighted by molar-refractivity contribution is 7.81. The van der Waals surface area contributed by atoms with Crippen LogP contribution in [0.3, 0.4) is 0 Å². The van der Waals surface area contributed by atoms with E-state index in [0.29, 0.717) is 43.3 Å². The number of aliphatic hydroxyl groups is 1. The van der Waals surface area contributed by atoms with E-state index in [0.717, 1.165) is 45.2 Å². The molecule has 7 heterocycles. The molecule has 3 amide bonds. The molecule has 0 saturated carbocycles. The second-order valence-corrected chi connectivity index (χ2v) is 20.0. The Balaban J connectivity index is 0.788. The van der Waals surface area contributed by atoms with Crippen molar-refractivity contribution < 1.29 is 37.4 Å². The summed E-state index contributed by atoms with van der Waals surface area (Å²) >= 11 is 5.69. The molecule has 2 aromatic carbocycles. The van der Waals surface area contributed by atoms with Gasteiger partial charge in [0.2, 0.25) is 17.7 Å². The Morgan fingerprint density at radius 3 is 2.27 bits per heavy atom. The van der Waals surface area contributed by atoms with Crippen molar-refractivity contribution in [3.63, 3.8) is 0 Å². The number of likely N-dealkylation sites (tertiary alicyclic amines) is 1. The number of ether oxygens (including phenoxy) is 1. The van der Waals surface area contributed by atoms with Crippen molar-refractivity contribution in [3.05, 3.63) is 126 Å². The molecule has 3 fully saturated rings. The second-order valence-electron chi connectivity index (χ2n) is 19.7. The summed E-state index contributed by atoms with van der Waals surface area (Å²) in [5.41, 5.74) is 0.772. The molecule has 4 unspecified atom stereocenters. The molecule has 74 heavy (non-hydrogen) atoms. The fourth-order valence-electron chi connectivity index (χ4n) is 9.94. The monoisotopic (exact) mass is 1030 g/mol. The number of aryl methyl sites for hydroxylation is 1. The van der Waals surface area contributed by atoms with E-state index in [9.17, 15) is 37.9 Å². The number of carbonyl (C=O) groups is 3. The van der Waals surface area contributed by atoms with Gasteiger partial charge in [0.15, 0.2) is 5.11 Å². The van der Waals surface area contributed by atoms with Crippen LogP contribution >= 0.6 is 12.2 Å². The number of hydrogen-bond donors (Lipinski definition) is 2. The third-order valence-electron chi connectivity index (χ3n) is 14.0. The van der Waals surface area contributed by atoms with Crippen LogP contribution in [0.1, 0.15) is 88.5 Å². The lowest BCUT2D eigenvalue weighted by Gasteiger charge is -2.33. The topological polar surface area (TPSA) is 191 Å². The fourth-order valence-corrected chi connectivity index (χ4v) is 10.5. The van der Waals surface area contributed by atoms with E-state index < -0.39 is 46.9 Å². The average molecular weight is 1030 g/mol. The summed E-state index contributed by atoms with van der Waals surface area (Å²) in [6.45, 7) is 12.2. The molecule has 0 radical (unpaired) electrons. The zero-order chi connectivity index (χ0) is 52.8. The molecule has 3 aliphatic rings. The highest BCUT2D eigenvalue weighted by atomic mass is 32.1. The number of thiocarbonyl (C=S) groups is 1. The Hall–Kier alpha value is -7.70. The second kappa shape index (κ2) is 20.3. The number of halogens is 3. The van der Waals surface area contributed by atoms with E-state index in [1.165, 1.54) is 11.0 Å². The molecule has 4 atom stereocenters. The summed E-state index contributed by atoms with van der Waals surface area (Å²) in [7, 11) is 0. The molecule has 3 saturated heterocycles. The maximum Gasteiger partial charge on any atom is 0.417 e. The van der Waals surface area contributed by atoms with Gasteiger partial charge in [0.05, 0.1) is 53.1 Å². The Morgan fingerprint density at radius 2 is 1.65 bits per heavy atom. The number of piperidine rings is 1. The highest BCUT2D eigenvalue weighted by Crippen LogP contribution is 2.40. The molecule has 0 spiro atoms. The number of pyridine rings is 2. The van der Waals surface area contributed by atoms with Gasteiger partial charge in [-0.1, -0.05) is 26.0 Å².